The Morgan fingerprint density at radius 3 is 2.75 bits per heavy atom. The van der Waals surface area contributed by atoms with E-state index < -0.39 is 0 Å². The molecule has 136 valence electrons. The quantitative estimate of drug-likeness (QED) is 0.555. The third-order valence-corrected chi connectivity index (χ3v) is 4.66. The van der Waals surface area contributed by atoms with E-state index >= 15 is 0 Å². The van der Waals surface area contributed by atoms with Crippen molar-refractivity contribution < 1.29 is 4.79 Å². The Kier molecular flexibility index (Phi) is 4.85. The Morgan fingerprint density at radius 1 is 1.14 bits per heavy atom. The minimum absolute atomic E-state index is 0.210. The number of aromatic nitrogens is 1. The van der Waals surface area contributed by atoms with Gasteiger partial charge in [-0.1, -0.05) is 36.4 Å². The summed E-state index contributed by atoms with van der Waals surface area (Å²) in [5.41, 5.74) is 5.90. The number of carbonyl (C=O) groups is 1. The van der Waals surface area contributed by atoms with E-state index in [0.717, 1.165) is 33.5 Å². The van der Waals surface area contributed by atoms with E-state index in [1.807, 2.05) is 54.6 Å². The van der Waals surface area contributed by atoms with Gasteiger partial charge in [0.15, 0.2) is 6.19 Å². The van der Waals surface area contributed by atoms with Crippen molar-refractivity contribution in [1.29, 1.82) is 5.26 Å². The lowest BCUT2D eigenvalue weighted by atomic mass is 9.96. The number of benzene rings is 2. The summed E-state index contributed by atoms with van der Waals surface area (Å²) in [4.78, 5) is 18.1. The van der Waals surface area contributed by atoms with Crippen molar-refractivity contribution in [1.82, 2.24) is 9.88 Å². The molecule has 0 fully saturated rings. The number of hydrogen-bond acceptors (Lipinski definition) is 4. The van der Waals surface area contributed by atoms with E-state index in [1.165, 1.54) is 6.08 Å². The third kappa shape index (κ3) is 3.76. The SMILES string of the molecule is N#CN1Cc2cc(NC(=O)/C=C/c3cccnc3)cc(-c3ccccc3)c2C1. The summed E-state index contributed by atoms with van der Waals surface area (Å²) >= 11 is 0. The highest BCUT2D eigenvalue weighted by Gasteiger charge is 2.22. The number of rotatable bonds is 4. The predicted molar refractivity (Wildman–Crippen MR) is 109 cm³/mol. The summed E-state index contributed by atoms with van der Waals surface area (Å²) < 4.78 is 0. The fourth-order valence-electron chi connectivity index (χ4n) is 3.36. The summed E-state index contributed by atoms with van der Waals surface area (Å²) in [6.45, 7) is 1.14. The van der Waals surface area contributed by atoms with Crippen LogP contribution in [-0.4, -0.2) is 15.8 Å². The molecule has 1 aliphatic rings. The highest BCUT2D eigenvalue weighted by atomic mass is 16.1. The molecule has 28 heavy (non-hydrogen) atoms. The third-order valence-electron chi connectivity index (χ3n) is 4.66. The molecule has 0 saturated heterocycles. The number of carbonyl (C=O) groups excluding carboxylic acids is 1. The van der Waals surface area contributed by atoms with Crippen LogP contribution >= 0.6 is 0 Å². The molecule has 0 saturated carbocycles. The van der Waals surface area contributed by atoms with E-state index in [1.54, 1.807) is 23.4 Å². The normalized spacial score (nSPS) is 12.6. The first-order valence-corrected chi connectivity index (χ1v) is 8.98. The van der Waals surface area contributed by atoms with Crippen LogP contribution in [0.15, 0.2) is 73.1 Å². The molecule has 5 nitrogen and oxygen atoms in total. The topological polar surface area (TPSA) is 69.0 Å². The first-order valence-electron chi connectivity index (χ1n) is 8.98. The molecule has 4 rings (SSSR count). The van der Waals surface area contributed by atoms with Gasteiger partial charge in [0.05, 0.1) is 13.1 Å². The number of nitrogens with one attached hydrogen (secondary N) is 1. The molecule has 3 aromatic rings. The van der Waals surface area contributed by atoms with E-state index in [4.69, 9.17) is 0 Å². The number of nitriles is 1. The molecule has 0 unspecified atom stereocenters. The summed E-state index contributed by atoms with van der Waals surface area (Å²) in [5.74, 6) is -0.210. The van der Waals surface area contributed by atoms with Crippen molar-refractivity contribution >= 4 is 17.7 Å². The van der Waals surface area contributed by atoms with Gasteiger partial charge in [-0.15, -0.1) is 0 Å². The average molecular weight is 366 g/mol. The second-order valence-corrected chi connectivity index (χ2v) is 6.59. The molecule has 1 N–H and O–H groups in total. The van der Waals surface area contributed by atoms with Gasteiger partial charge in [0.25, 0.3) is 0 Å². The van der Waals surface area contributed by atoms with Gasteiger partial charge in [0.1, 0.15) is 0 Å². The summed E-state index contributed by atoms with van der Waals surface area (Å²) in [6, 6.07) is 17.7. The fourth-order valence-corrected chi connectivity index (χ4v) is 3.36. The van der Waals surface area contributed by atoms with Crippen LogP contribution in [0.4, 0.5) is 5.69 Å². The van der Waals surface area contributed by atoms with Crippen LogP contribution in [0, 0.1) is 11.5 Å². The number of fused-ring (bicyclic) bond motifs is 1. The Labute approximate surface area is 163 Å². The molecular formula is C23H18N4O. The maximum atomic E-state index is 12.4. The second kappa shape index (κ2) is 7.77. The highest BCUT2D eigenvalue weighted by Crippen LogP contribution is 2.35. The zero-order chi connectivity index (χ0) is 19.3. The molecule has 2 aromatic carbocycles. The first-order chi connectivity index (χ1) is 13.7. The summed E-state index contributed by atoms with van der Waals surface area (Å²) in [6.07, 6.45) is 8.83. The fraction of sp³-hybridized carbons (Fsp3) is 0.0870. The van der Waals surface area contributed by atoms with Crippen LogP contribution < -0.4 is 5.32 Å². The number of hydrogen-bond donors (Lipinski definition) is 1. The van der Waals surface area contributed by atoms with Gasteiger partial charge in [-0.3, -0.25) is 9.78 Å². The Bertz CT molecular complexity index is 1070. The first kappa shape index (κ1) is 17.5. The van der Waals surface area contributed by atoms with E-state index in [-0.39, 0.29) is 5.91 Å². The minimum atomic E-state index is -0.210. The highest BCUT2D eigenvalue weighted by molar-refractivity contribution is 6.02. The van der Waals surface area contributed by atoms with E-state index in [9.17, 15) is 10.1 Å². The van der Waals surface area contributed by atoms with Gasteiger partial charge in [-0.05, 0) is 52.1 Å². The Balaban J connectivity index is 1.62. The lowest BCUT2D eigenvalue weighted by molar-refractivity contribution is -0.111. The zero-order valence-corrected chi connectivity index (χ0v) is 15.2. The number of nitrogens with zero attached hydrogens (tertiary/aromatic N) is 3. The van der Waals surface area contributed by atoms with Crippen LogP contribution in [0.3, 0.4) is 0 Å². The molecular weight excluding hydrogens is 348 g/mol. The monoisotopic (exact) mass is 366 g/mol. The molecule has 5 heteroatoms. The van der Waals surface area contributed by atoms with Gasteiger partial charge in [-0.25, -0.2) is 0 Å². The number of amides is 1. The average Bonchev–Trinajstić information content (AvgIpc) is 3.16. The molecule has 2 heterocycles. The van der Waals surface area contributed by atoms with Crippen LogP contribution in [0.1, 0.15) is 16.7 Å². The molecule has 0 atom stereocenters. The molecule has 0 bridgehead atoms. The van der Waals surface area contributed by atoms with E-state index in [2.05, 4.69) is 16.5 Å². The van der Waals surface area contributed by atoms with E-state index in [0.29, 0.717) is 13.1 Å². The number of anilines is 1. The predicted octanol–water partition coefficient (Wildman–Crippen LogP) is 4.20. The van der Waals surface area contributed by atoms with Crippen LogP contribution in [-0.2, 0) is 17.9 Å². The van der Waals surface area contributed by atoms with Gasteiger partial charge in [0.2, 0.25) is 5.91 Å². The molecule has 0 aliphatic carbocycles. The van der Waals surface area contributed by atoms with Gasteiger partial charge in [-0.2, -0.15) is 5.26 Å². The lowest BCUT2D eigenvalue weighted by Gasteiger charge is -2.12. The second-order valence-electron chi connectivity index (χ2n) is 6.59. The maximum Gasteiger partial charge on any atom is 0.248 e. The van der Waals surface area contributed by atoms with Crippen LogP contribution in [0.2, 0.25) is 0 Å². The van der Waals surface area contributed by atoms with Crippen LogP contribution in [0.5, 0.6) is 0 Å². The van der Waals surface area contributed by atoms with Gasteiger partial charge < -0.3 is 10.2 Å². The van der Waals surface area contributed by atoms with Crippen molar-refractivity contribution in [2.45, 2.75) is 13.1 Å². The smallest absolute Gasteiger partial charge is 0.248 e. The molecule has 1 amide bonds. The standard InChI is InChI=1S/C23H18N4O/c24-16-27-14-19-11-20(26-23(28)9-8-17-5-4-10-25-13-17)12-21(22(19)15-27)18-6-2-1-3-7-18/h1-13H,14-15H2,(H,26,28)/b9-8+. The summed E-state index contributed by atoms with van der Waals surface area (Å²) in [5, 5.41) is 12.2. The molecule has 0 radical (unpaired) electrons. The van der Waals surface area contributed by atoms with Crippen molar-refractivity contribution in [3.63, 3.8) is 0 Å². The maximum absolute atomic E-state index is 12.4. The molecule has 0 spiro atoms. The van der Waals surface area contributed by atoms with Gasteiger partial charge >= 0.3 is 0 Å². The molecule has 1 aliphatic heterocycles. The Morgan fingerprint density at radius 2 is 2.00 bits per heavy atom. The zero-order valence-electron chi connectivity index (χ0n) is 15.2. The van der Waals surface area contributed by atoms with Crippen LogP contribution in [0.25, 0.3) is 17.2 Å². The number of pyridine rings is 1. The minimum Gasteiger partial charge on any atom is -0.322 e. The Hall–Kier alpha value is -3.91. The summed E-state index contributed by atoms with van der Waals surface area (Å²) in [7, 11) is 0. The van der Waals surface area contributed by atoms with Crippen molar-refractivity contribution in [2.24, 2.45) is 0 Å². The van der Waals surface area contributed by atoms with Crippen molar-refractivity contribution in [3.8, 4) is 17.3 Å². The molecule has 1 aromatic heterocycles. The van der Waals surface area contributed by atoms with Crippen molar-refractivity contribution in [3.05, 3.63) is 89.8 Å². The van der Waals surface area contributed by atoms with Crippen molar-refractivity contribution in [2.75, 3.05) is 5.32 Å². The van der Waals surface area contributed by atoms with Gasteiger partial charge in [0, 0.05) is 24.2 Å². The largest absolute Gasteiger partial charge is 0.322 e. The lowest BCUT2D eigenvalue weighted by Crippen LogP contribution is -2.08.